The highest BCUT2D eigenvalue weighted by molar-refractivity contribution is 9.10. The molecule has 0 bridgehead atoms. The molecule has 1 fully saturated rings. The fourth-order valence-electron chi connectivity index (χ4n) is 2.39. The van der Waals surface area contributed by atoms with E-state index in [-0.39, 0.29) is 11.3 Å². The third-order valence-corrected chi connectivity index (χ3v) is 4.68. The predicted molar refractivity (Wildman–Crippen MR) is 78.0 cm³/mol. The number of hydrogen-bond acceptors (Lipinski definition) is 1. The van der Waals surface area contributed by atoms with Crippen LogP contribution in [0.1, 0.15) is 30.1 Å². The lowest BCUT2D eigenvalue weighted by molar-refractivity contribution is 0.0688. The number of piperidine rings is 1. The van der Waals surface area contributed by atoms with Gasteiger partial charge in [-0.3, -0.25) is 4.79 Å². The molecule has 0 aliphatic carbocycles. The summed E-state index contributed by atoms with van der Waals surface area (Å²) in [6, 6.07) is 4.18. The summed E-state index contributed by atoms with van der Waals surface area (Å²) >= 11 is 9.38. The van der Waals surface area contributed by atoms with Crippen LogP contribution in [0.4, 0.5) is 4.39 Å². The molecule has 0 saturated carbocycles. The second kappa shape index (κ2) is 6.23. The quantitative estimate of drug-likeness (QED) is 0.738. The van der Waals surface area contributed by atoms with Gasteiger partial charge >= 0.3 is 0 Å². The Bertz CT molecular complexity index is 473. The zero-order valence-corrected chi connectivity index (χ0v) is 13.0. The Hall–Kier alpha value is -0.610. The molecular formula is C14H16BrClFNO. The Morgan fingerprint density at radius 3 is 2.68 bits per heavy atom. The van der Waals surface area contributed by atoms with E-state index in [4.69, 9.17) is 11.6 Å². The number of carbonyl (C=O) groups excluding carboxylic acids is 1. The van der Waals surface area contributed by atoms with Crippen molar-refractivity contribution in [2.45, 2.75) is 25.1 Å². The molecule has 0 N–H and O–H groups in total. The molecule has 0 spiro atoms. The minimum Gasteiger partial charge on any atom is -0.339 e. The number of rotatable bonds is 2. The molecule has 19 heavy (non-hydrogen) atoms. The van der Waals surface area contributed by atoms with E-state index in [1.54, 1.807) is 11.0 Å². The molecule has 1 aliphatic rings. The normalized spacial score (nSPS) is 18.4. The molecular weight excluding hydrogens is 333 g/mol. The smallest absolute Gasteiger partial charge is 0.255 e. The van der Waals surface area contributed by atoms with Gasteiger partial charge in [-0.2, -0.15) is 0 Å². The van der Waals surface area contributed by atoms with E-state index in [9.17, 15) is 9.18 Å². The molecule has 0 aromatic heterocycles. The van der Waals surface area contributed by atoms with E-state index >= 15 is 0 Å². The lowest BCUT2D eigenvalue weighted by atomic mass is 9.93. The fraction of sp³-hybridized carbons (Fsp3) is 0.500. The van der Waals surface area contributed by atoms with Gasteiger partial charge in [0.1, 0.15) is 5.82 Å². The summed E-state index contributed by atoms with van der Waals surface area (Å²) in [6.45, 7) is 3.36. The van der Waals surface area contributed by atoms with Gasteiger partial charge in [-0.05, 0) is 59.8 Å². The Kier molecular flexibility index (Phi) is 4.85. The molecule has 1 saturated heterocycles. The average molecular weight is 349 g/mol. The molecule has 104 valence electrons. The Balaban J connectivity index is 2.07. The van der Waals surface area contributed by atoms with Gasteiger partial charge in [-0.25, -0.2) is 4.39 Å². The highest BCUT2D eigenvalue weighted by Crippen LogP contribution is 2.26. The summed E-state index contributed by atoms with van der Waals surface area (Å²) in [4.78, 5) is 14.1. The van der Waals surface area contributed by atoms with Crippen molar-refractivity contribution < 1.29 is 9.18 Å². The minimum absolute atomic E-state index is 0.118. The van der Waals surface area contributed by atoms with E-state index in [2.05, 4.69) is 15.9 Å². The van der Waals surface area contributed by atoms with Crippen LogP contribution in [-0.4, -0.2) is 29.3 Å². The molecule has 1 aromatic carbocycles. The van der Waals surface area contributed by atoms with Gasteiger partial charge in [0.25, 0.3) is 5.91 Å². The van der Waals surface area contributed by atoms with Crippen LogP contribution >= 0.6 is 27.5 Å². The number of likely N-dealkylation sites (tertiary alicyclic amines) is 1. The lowest BCUT2D eigenvalue weighted by Crippen LogP contribution is -2.40. The van der Waals surface area contributed by atoms with E-state index in [1.807, 2.05) is 6.92 Å². The molecule has 1 aromatic rings. The first-order valence-electron chi connectivity index (χ1n) is 6.37. The summed E-state index contributed by atoms with van der Waals surface area (Å²) < 4.78 is 13.9. The van der Waals surface area contributed by atoms with Gasteiger partial charge in [0.05, 0.1) is 5.56 Å². The third kappa shape index (κ3) is 3.48. The van der Waals surface area contributed by atoms with Crippen molar-refractivity contribution in [2.24, 2.45) is 5.92 Å². The van der Waals surface area contributed by atoms with Gasteiger partial charge < -0.3 is 4.90 Å². The van der Waals surface area contributed by atoms with Crippen molar-refractivity contribution in [3.05, 3.63) is 34.1 Å². The van der Waals surface area contributed by atoms with E-state index in [0.717, 1.165) is 12.8 Å². The van der Waals surface area contributed by atoms with Gasteiger partial charge in [-0.15, -0.1) is 11.6 Å². The van der Waals surface area contributed by atoms with Gasteiger partial charge in [-0.1, -0.05) is 0 Å². The molecule has 1 amide bonds. The van der Waals surface area contributed by atoms with Crippen LogP contribution < -0.4 is 0 Å². The summed E-state index contributed by atoms with van der Waals surface area (Å²) in [5.41, 5.74) is 0.386. The largest absolute Gasteiger partial charge is 0.339 e. The van der Waals surface area contributed by atoms with Crippen LogP contribution in [0.15, 0.2) is 22.7 Å². The maximum Gasteiger partial charge on any atom is 0.255 e. The molecule has 2 nitrogen and oxygen atoms in total. The predicted octanol–water partition coefficient (Wildman–Crippen LogP) is 4.07. The third-order valence-electron chi connectivity index (χ3n) is 3.64. The molecule has 5 heteroatoms. The summed E-state index contributed by atoms with van der Waals surface area (Å²) in [5.74, 6) is -0.0514. The molecule has 1 heterocycles. The van der Waals surface area contributed by atoms with Crippen molar-refractivity contribution in [3.8, 4) is 0 Å². The number of alkyl halides is 1. The first-order valence-corrected chi connectivity index (χ1v) is 7.60. The van der Waals surface area contributed by atoms with Crippen LogP contribution in [0.5, 0.6) is 0 Å². The standard InChI is InChI=1S/C14H16BrClFNO/c1-9(16)10-4-6-18(7-5-10)14(19)12-8-11(17)2-3-13(12)15/h2-3,8-10H,4-7H2,1H3. The van der Waals surface area contributed by atoms with E-state index in [0.29, 0.717) is 29.0 Å². The van der Waals surface area contributed by atoms with Gasteiger partial charge in [0.15, 0.2) is 0 Å². The lowest BCUT2D eigenvalue weighted by Gasteiger charge is -2.33. The highest BCUT2D eigenvalue weighted by atomic mass is 79.9. The summed E-state index contributed by atoms with van der Waals surface area (Å²) in [5, 5.41) is 0.137. The first kappa shape index (κ1) is 14.8. The maximum absolute atomic E-state index is 13.2. The summed E-state index contributed by atoms with van der Waals surface area (Å²) in [7, 11) is 0. The van der Waals surface area contributed by atoms with Gasteiger partial charge in [0.2, 0.25) is 0 Å². The SMILES string of the molecule is CC(Cl)C1CCN(C(=O)c2cc(F)ccc2Br)CC1. The Morgan fingerprint density at radius 1 is 1.47 bits per heavy atom. The van der Waals surface area contributed by atoms with Crippen LogP contribution in [0, 0.1) is 11.7 Å². The maximum atomic E-state index is 13.2. The number of carbonyl (C=O) groups is 1. The number of benzene rings is 1. The van der Waals surface area contributed by atoms with Crippen molar-refractivity contribution >= 4 is 33.4 Å². The average Bonchev–Trinajstić information content (AvgIpc) is 2.41. The number of nitrogens with zero attached hydrogens (tertiary/aromatic N) is 1. The highest BCUT2D eigenvalue weighted by Gasteiger charge is 2.26. The number of halogens is 3. The topological polar surface area (TPSA) is 20.3 Å². The fourth-order valence-corrected chi connectivity index (χ4v) is 3.06. The van der Waals surface area contributed by atoms with Crippen LogP contribution in [-0.2, 0) is 0 Å². The Morgan fingerprint density at radius 2 is 2.11 bits per heavy atom. The minimum atomic E-state index is -0.393. The second-order valence-electron chi connectivity index (χ2n) is 4.93. The number of hydrogen-bond donors (Lipinski definition) is 0. The van der Waals surface area contributed by atoms with Crippen LogP contribution in [0.3, 0.4) is 0 Å². The van der Waals surface area contributed by atoms with Crippen molar-refractivity contribution in [3.63, 3.8) is 0 Å². The molecule has 1 atom stereocenters. The molecule has 1 unspecified atom stereocenters. The zero-order valence-electron chi connectivity index (χ0n) is 10.7. The molecule has 0 radical (unpaired) electrons. The second-order valence-corrected chi connectivity index (χ2v) is 6.47. The Labute approximate surface area is 126 Å². The number of amides is 1. The van der Waals surface area contributed by atoms with Crippen LogP contribution in [0.2, 0.25) is 0 Å². The molecule has 2 rings (SSSR count). The van der Waals surface area contributed by atoms with Crippen molar-refractivity contribution in [2.75, 3.05) is 13.1 Å². The van der Waals surface area contributed by atoms with Crippen molar-refractivity contribution in [1.29, 1.82) is 0 Å². The van der Waals surface area contributed by atoms with E-state index in [1.165, 1.54) is 12.1 Å². The van der Waals surface area contributed by atoms with Crippen molar-refractivity contribution in [1.82, 2.24) is 4.90 Å². The van der Waals surface area contributed by atoms with Crippen LogP contribution in [0.25, 0.3) is 0 Å². The monoisotopic (exact) mass is 347 g/mol. The first-order chi connectivity index (χ1) is 8.99. The van der Waals surface area contributed by atoms with E-state index < -0.39 is 5.82 Å². The van der Waals surface area contributed by atoms with Gasteiger partial charge in [0, 0.05) is 22.9 Å². The summed E-state index contributed by atoms with van der Waals surface area (Å²) in [6.07, 6.45) is 1.81. The zero-order chi connectivity index (χ0) is 14.0. The molecule has 1 aliphatic heterocycles.